The van der Waals surface area contributed by atoms with Crippen molar-refractivity contribution in [2.75, 3.05) is 7.11 Å². The first kappa shape index (κ1) is 21.8. The molecule has 1 N–H and O–H groups in total. The number of ether oxygens (including phenoxy) is 2. The van der Waals surface area contributed by atoms with Gasteiger partial charge in [0.1, 0.15) is 11.9 Å². The molecule has 4 aromatic rings. The third-order valence-corrected chi connectivity index (χ3v) is 4.65. The predicted molar refractivity (Wildman–Crippen MR) is 109 cm³/mol. The first-order chi connectivity index (χ1) is 15.8. The summed E-state index contributed by atoms with van der Waals surface area (Å²) in [6.45, 7) is 0. The Kier molecular flexibility index (Phi) is 5.70. The maximum absolute atomic E-state index is 14.0. The Bertz CT molecular complexity index is 1390. The highest BCUT2D eigenvalue weighted by molar-refractivity contribution is 5.90. The monoisotopic (exact) mass is 457 g/mol. The number of nitrogens with one attached hydrogen (secondary N) is 1. The van der Waals surface area contributed by atoms with E-state index < -0.39 is 34.8 Å². The molecule has 3 aromatic carbocycles. The Morgan fingerprint density at radius 1 is 0.939 bits per heavy atom. The molecular formula is C23H12F5N3O2. The molecule has 0 unspecified atom stereocenters. The van der Waals surface area contributed by atoms with Crippen LogP contribution in [0.4, 0.5) is 22.0 Å². The van der Waals surface area contributed by atoms with E-state index in [1.165, 1.54) is 31.4 Å². The minimum absolute atomic E-state index is 0.0745. The van der Waals surface area contributed by atoms with E-state index in [2.05, 4.69) is 9.97 Å². The van der Waals surface area contributed by atoms with Gasteiger partial charge in [0, 0.05) is 0 Å². The fourth-order valence-electron chi connectivity index (χ4n) is 3.04. The summed E-state index contributed by atoms with van der Waals surface area (Å²) in [7, 11) is 1.22. The molecule has 4 rings (SSSR count). The summed E-state index contributed by atoms with van der Waals surface area (Å²) in [5, 5.41) is 9.56. The van der Waals surface area contributed by atoms with E-state index in [9.17, 15) is 27.2 Å². The number of fused-ring (bicyclic) bond motifs is 1. The number of halogens is 5. The van der Waals surface area contributed by atoms with Crippen LogP contribution in [0, 0.1) is 40.4 Å². The van der Waals surface area contributed by atoms with Crippen molar-refractivity contribution < 1.29 is 31.4 Å². The minimum atomic E-state index is -2.29. The molecule has 166 valence electrons. The van der Waals surface area contributed by atoms with E-state index in [-0.39, 0.29) is 17.1 Å². The molecule has 0 bridgehead atoms. The number of imidazole rings is 1. The van der Waals surface area contributed by atoms with Gasteiger partial charge in [0.15, 0.2) is 11.5 Å². The van der Waals surface area contributed by atoms with Gasteiger partial charge in [0.05, 0.1) is 23.7 Å². The number of H-pyrrole nitrogens is 1. The van der Waals surface area contributed by atoms with Crippen molar-refractivity contribution in [1.82, 2.24) is 9.97 Å². The Hall–Kier alpha value is -4.39. The summed E-state index contributed by atoms with van der Waals surface area (Å²) >= 11 is 0. The average Bonchev–Trinajstić information content (AvgIpc) is 3.27. The van der Waals surface area contributed by atoms with Crippen LogP contribution in [0.3, 0.4) is 0 Å². The lowest BCUT2D eigenvalue weighted by atomic mass is 10.1. The van der Waals surface area contributed by atoms with Gasteiger partial charge in [0.2, 0.25) is 34.8 Å². The Morgan fingerprint density at radius 2 is 1.61 bits per heavy atom. The molecule has 0 radical (unpaired) electrons. The number of nitriles is 1. The van der Waals surface area contributed by atoms with Crippen molar-refractivity contribution in [3.05, 3.63) is 82.9 Å². The molecule has 0 fully saturated rings. The molecule has 0 saturated carbocycles. The van der Waals surface area contributed by atoms with E-state index in [0.29, 0.717) is 16.9 Å². The lowest BCUT2D eigenvalue weighted by molar-refractivity contribution is 0.321. The zero-order valence-electron chi connectivity index (χ0n) is 16.7. The lowest BCUT2D eigenvalue weighted by Crippen LogP contribution is -2.04. The first-order valence-electron chi connectivity index (χ1n) is 9.28. The SMILES string of the molecule is COc1cc(/C=C(\C#N)c2nc3ccccc3[nH]2)ccc1Oc1c(F)c(F)c(F)c(F)c1F. The van der Waals surface area contributed by atoms with Crippen LogP contribution in [0.5, 0.6) is 17.2 Å². The molecule has 33 heavy (non-hydrogen) atoms. The van der Waals surface area contributed by atoms with Gasteiger partial charge < -0.3 is 14.5 Å². The predicted octanol–water partition coefficient (Wildman–Crippen LogP) is 6.12. The lowest BCUT2D eigenvalue weighted by Gasteiger charge is -2.13. The van der Waals surface area contributed by atoms with Gasteiger partial charge in [-0.15, -0.1) is 0 Å². The highest BCUT2D eigenvalue weighted by Crippen LogP contribution is 2.37. The van der Waals surface area contributed by atoms with Crippen LogP contribution in [-0.2, 0) is 0 Å². The molecule has 0 atom stereocenters. The van der Waals surface area contributed by atoms with Crippen molar-refractivity contribution in [3.63, 3.8) is 0 Å². The molecular weight excluding hydrogens is 445 g/mol. The molecule has 10 heteroatoms. The van der Waals surface area contributed by atoms with E-state index in [1.54, 1.807) is 18.2 Å². The summed E-state index contributed by atoms with van der Waals surface area (Å²) in [5.41, 5.74) is 2.01. The molecule has 1 aromatic heterocycles. The van der Waals surface area contributed by atoms with Gasteiger partial charge in [-0.3, -0.25) is 0 Å². The normalized spacial score (nSPS) is 11.5. The van der Waals surface area contributed by atoms with Crippen molar-refractivity contribution in [2.45, 2.75) is 0 Å². The van der Waals surface area contributed by atoms with Crippen molar-refractivity contribution >= 4 is 22.7 Å². The summed E-state index contributed by atoms with van der Waals surface area (Å²) in [6, 6.07) is 13.2. The summed E-state index contributed by atoms with van der Waals surface area (Å²) < 4.78 is 78.2. The number of rotatable bonds is 5. The third-order valence-electron chi connectivity index (χ3n) is 4.65. The fraction of sp³-hybridized carbons (Fsp3) is 0.0435. The molecule has 0 aliphatic heterocycles. The molecule has 0 aliphatic rings. The third kappa shape index (κ3) is 3.96. The van der Waals surface area contributed by atoms with Crippen LogP contribution in [0.15, 0.2) is 42.5 Å². The standard InChI is InChI=1S/C23H12F5N3O2/c1-32-16-9-11(8-12(10-29)23-30-13-4-2-3-5-14(13)31-23)6-7-15(16)33-22-20(27)18(25)17(24)19(26)21(22)28/h2-9H,1H3,(H,30,31)/b12-8+. The average molecular weight is 457 g/mol. The zero-order chi connectivity index (χ0) is 23.7. The number of benzene rings is 3. The van der Waals surface area contributed by atoms with Gasteiger partial charge in [-0.25, -0.2) is 18.2 Å². The van der Waals surface area contributed by atoms with E-state index in [4.69, 9.17) is 9.47 Å². The number of methoxy groups -OCH3 is 1. The van der Waals surface area contributed by atoms with Crippen LogP contribution in [0.1, 0.15) is 11.4 Å². The number of nitrogens with zero attached hydrogens (tertiary/aromatic N) is 2. The van der Waals surface area contributed by atoms with Crippen LogP contribution in [0.25, 0.3) is 22.7 Å². The summed E-state index contributed by atoms with van der Waals surface area (Å²) in [5.74, 6) is -12.3. The highest BCUT2D eigenvalue weighted by atomic mass is 19.2. The summed E-state index contributed by atoms with van der Waals surface area (Å²) in [6.07, 6.45) is 1.47. The van der Waals surface area contributed by atoms with Crippen LogP contribution in [-0.4, -0.2) is 17.1 Å². The van der Waals surface area contributed by atoms with Crippen molar-refractivity contribution in [3.8, 4) is 23.3 Å². The number of hydrogen-bond donors (Lipinski definition) is 1. The highest BCUT2D eigenvalue weighted by Gasteiger charge is 2.28. The number of para-hydroxylation sites is 2. The first-order valence-corrected chi connectivity index (χ1v) is 9.28. The molecule has 0 saturated heterocycles. The van der Waals surface area contributed by atoms with E-state index in [0.717, 1.165) is 5.52 Å². The quantitative estimate of drug-likeness (QED) is 0.170. The second-order valence-electron chi connectivity index (χ2n) is 6.68. The van der Waals surface area contributed by atoms with Gasteiger partial charge in [-0.1, -0.05) is 18.2 Å². The minimum Gasteiger partial charge on any atom is -0.493 e. The largest absolute Gasteiger partial charge is 0.493 e. The molecule has 0 amide bonds. The number of aromatic nitrogens is 2. The number of aromatic amines is 1. The van der Waals surface area contributed by atoms with Gasteiger partial charge in [-0.2, -0.15) is 14.0 Å². The van der Waals surface area contributed by atoms with E-state index >= 15 is 0 Å². The van der Waals surface area contributed by atoms with Gasteiger partial charge in [0.25, 0.3) is 0 Å². The second-order valence-corrected chi connectivity index (χ2v) is 6.68. The molecule has 0 spiro atoms. The Labute approximate surface area is 183 Å². The fourth-order valence-corrected chi connectivity index (χ4v) is 3.04. The van der Waals surface area contributed by atoms with Gasteiger partial charge in [-0.05, 0) is 35.9 Å². The maximum atomic E-state index is 14.0. The van der Waals surface area contributed by atoms with Crippen molar-refractivity contribution in [1.29, 1.82) is 5.26 Å². The van der Waals surface area contributed by atoms with Crippen LogP contribution < -0.4 is 9.47 Å². The number of allylic oxidation sites excluding steroid dienone is 1. The molecule has 5 nitrogen and oxygen atoms in total. The smallest absolute Gasteiger partial charge is 0.207 e. The van der Waals surface area contributed by atoms with Crippen LogP contribution in [0.2, 0.25) is 0 Å². The summed E-state index contributed by atoms with van der Waals surface area (Å²) in [4.78, 5) is 7.38. The Morgan fingerprint density at radius 3 is 2.24 bits per heavy atom. The Balaban J connectivity index is 1.71. The van der Waals surface area contributed by atoms with Crippen LogP contribution >= 0.6 is 0 Å². The topological polar surface area (TPSA) is 70.9 Å². The number of hydrogen-bond acceptors (Lipinski definition) is 4. The van der Waals surface area contributed by atoms with Crippen molar-refractivity contribution in [2.24, 2.45) is 0 Å². The van der Waals surface area contributed by atoms with E-state index in [1.807, 2.05) is 12.1 Å². The van der Waals surface area contributed by atoms with Gasteiger partial charge >= 0.3 is 0 Å². The molecule has 0 aliphatic carbocycles. The molecule has 1 heterocycles. The zero-order valence-corrected chi connectivity index (χ0v) is 16.7. The maximum Gasteiger partial charge on any atom is 0.207 e. The second kappa shape index (κ2) is 8.63.